The molecule has 1 aromatic rings. The zero-order valence-corrected chi connectivity index (χ0v) is 11.5. The quantitative estimate of drug-likeness (QED) is 0.660. The fraction of sp³-hybridized carbons (Fsp3) is 0.700. The van der Waals surface area contributed by atoms with Gasteiger partial charge in [0.25, 0.3) is 0 Å². The Hall–Kier alpha value is -1.12. The lowest BCUT2D eigenvalue weighted by atomic mass is 10.5. The van der Waals surface area contributed by atoms with Gasteiger partial charge < -0.3 is 10.5 Å². The number of methoxy groups -OCH3 is 1. The van der Waals surface area contributed by atoms with E-state index in [1.807, 2.05) is 6.92 Å². The second-order valence-electron chi connectivity index (χ2n) is 3.89. The first-order valence-electron chi connectivity index (χ1n) is 5.82. The highest BCUT2D eigenvalue weighted by atomic mass is 32.2. The van der Waals surface area contributed by atoms with E-state index < -0.39 is 10.0 Å². The third kappa shape index (κ3) is 3.97. The molecule has 0 bridgehead atoms. The molecule has 104 valence electrons. The van der Waals surface area contributed by atoms with Crippen LogP contribution >= 0.6 is 0 Å². The van der Waals surface area contributed by atoms with Crippen LogP contribution in [0.4, 0.5) is 5.82 Å². The average molecular weight is 276 g/mol. The first-order chi connectivity index (χ1) is 8.51. The van der Waals surface area contributed by atoms with Gasteiger partial charge in [0.05, 0.1) is 0 Å². The molecule has 0 saturated heterocycles. The van der Waals surface area contributed by atoms with E-state index in [0.717, 1.165) is 6.42 Å². The monoisotopic (exact) mass is 276 g/mol. The third-order valence-corrected chi connectivity index (χ3v) is 3.79. The van der Waals surface area contributed by atoms with Gasteiger partial charge in [0.15, 0.2) is 5.82 Å². The van der Waals surface area contributed by atoms with Gasteiger partial charge in [-0.2, -0.15) is 5.10 Å². The minimum Gasteiger partial charge on any atom is -0.385 e. The van der Waals surface area contributed by atoms with Gasteiger partial charge in [0.2, 0.25) is 10.0 Å². The van der Waals surface area contributed by atoms with E-state index in [9.17, 15) is 8.42 Å². The third-order valence-electron chi connectivity index (χ3n) is 2.31. The Kier molecular flexibility index (Phi) is 5.57. The molecule has 0 saturated carbocycles. The van der Waals surface area contributed by atoms with Crippen LogP contribution in [0.15, 0.2) is 11.1 Å². The van der Waals surface area contributed by atoms with Crippen molar-refractivity contribution in [2.45, 2.75) is 31.2 Å². The molecule has 1 rings (SSSR count). The smallest absolute Gasteiger partial charge is 0.245 e. The number of anilines is 1. The molecule has 1 aromatic heterocycles. The van der Waals surface area contributed by atoms with Crippen molar-refractivity contribution in [3.05, 3.63) is 6.20 Å². The van der Waals surface area contributed by atoms with Crippen molar-refractivity contribution < 1.29 is 13.2 Å². The highest BCUT2D eigenvalue weighted by Crippen LogP contribution is 2.15. The summed E-state index contributed by atoms with van der Waals surface area (Å²) in [7, 11) is -2.01. The minimum absolute atomic E-state index is 0.0303. The lowest BCUT2D eigenvalue weighted by Gasteiger charge is -2.04. The molecule has 0 unspecified atom stereocenters. The summed E-state index contributed by atoms with van der Waals surface area (Å²) >= 11 is 0. The number of nitrogens with zero attached hydrogens (tertiary/aromatic N) is 2. The van der Waals surface area contributed by atoms with Crippen molar-refractivity contribution in [3.63, 3.8) is 0 Å². The van der Waals surface area contributed by atoms with Gasteiger partial charge in [0, 0.05) is 33.0 Å². The molecule has 0 atom stereocenters. The van der Waals surface area contributed by atoms with Gasteiger partial charge >= 0.3 is 0 Å². The Morgan fingerprint density at radius 2 is 2.28 bits per heavy atom. The Bertz CT molecular complexity index is 469. The Labute approximate surface area is 107 Å². The molecule has 0 radical (unpaired) electrons. The van der Waals surface area contributed by atoms with Crippen molar-refractivity contribution in [3.8, 4) is 0 Å². The van der Waals surface area contributed by atoms with Crippen molar-refractivity contribution >= 4 is 15.8 Å². The summed E-state index contributed by atoms with van der Waals surface area (Å²) in [6.07, 6.45) is 2.93. The molecule has 8 heteroatoms. The SMILES string of the molecule is CCCn1cc(S(=O)(=O)NCCCOC)c(N)n1. The van der Waals surface area contributed by atoms with Crippen molar-refractivity contribution in [2.75, 3.05) is 26.0 Å². The van der Waals surface area contributed by atoms with E-state index >= 15 is 0 Å². The van der Waals surface area contributed by atoms with Gasteiger partial charge in [-0.25, -0.2) is 13.1 Å². The molecule has 0 amide bonds. The summed E-state index contributed by atoms with van der Waals surface area (Å²) in [5.41, 5.74) is 5.61. The summed E-state index contributed by atoms with van der Waals surface area (Å²) in [5.74, 6) is 0.0303. The molecule has 0 aliphatic rings. The largest absolute Gasteiger partial charge is 0.385 e. The van der Waals surface area contributed by atoms with Crippen LogP contribution in [0.2, 0.25) is 0 Å². The lowest BCUT2D eigenvalue weighted by Crippen LogP contribution is -2.25. The highest BCUT2D eigenvalue weighted by molar-refractivity contribution is 7.89. The van der Waals surface area contributed by atoms with Gasteiger partial charge in [-0.15, -0.1) is 0 Å². The van der Waals surface area contributed by atoms with Crippen molar-refractivity contribution in [1.29, 1.82) is 0 Å². The van der Waals surface area contributed by atoms with Gasteiger partial charge in [-0.3, -0.25) is 4.68 Å². The van der Waals surface area contributed by atoms with Crippen LogP contribution in [0.3, 0.4) is 0 Å². The lowest BCUT2D eigenvalue weighted by molar-refractivity contribution is 0.196. The van der Waals surface area contributed by atoms with E-state index in [0.29, 0.717) is 26.1 Å². The number of nitrogen functional groups attached to an aromatic ring is 1. The van der Waals surface area contributed by atoms with Crippen LogP contribution in [0.25, 0.3) is 0 Å². The molecule has 7 nitrogen and oxygen atoms in total. The summed E-state index contributed by atoms with van der Waals surface area (Å²) < 4.78 is 32.7. The van der Waals surface area contributed by atoms with Crippen LogP contribution in [0, 0.1) is 0 Å². The number of nitrogens with one attached hydrogen (secondary N) is 1. The second-order valence-corrected chi connectivity index (χ2v) is 5.62. The van der Waals surface area contributed by atoms with Crippen molar-refractivity contribution in [1.82, 2.24) is 14.5 Å². The Balaban J connectivity index is 2.72. The maximum atomic E-state index is 11.9. The molecule has 0 spiro atoms. The van der Waals surface area contributed by atoms with Crippen molar-refractivity contribution in [2.24, 2.45) is 0 Å². The predicted molar refractivity (Wildman–Crippen MR) is 68.6 cm³/mol. The van der Waals surface area contributed by atoms with Crippen LogP contribution in [0.1, 0.15) is 19.8 Å². The van der Waals surface area contributed by atoms with E-state index in [1.54, 1.807) is 11.8 Å². The molecular formula is C10H20N4O3S. The van der Waals surface area contributed by atoms with Crippen LogP contribution in [-0.4, -0.2) is 38.5 Å². The first kappa shape index (κ1) is 14.9. The summed E-state index contributed by atoms with van der Waals surface area (Å²) in [6.45, 7) is 3.44. The second kappa shape index (κ2) is 6.72. The summed E-state index contributed by atoms with van der Waals surface area (Å²) in [4.78, 5) is 0.0355. The number of hydrogen-bond acceptors (Lipinski definition) is 5. The number of hydrogen-bond donors (Lipinski definition) is 2. The van der Waals surface area contributed by atoms with E-state index in [4.69, 9.17) is 10.5 Å². The normalized spacial score (nSPS) is 11.9. The standard InChI is InChI=1S/C10H20N4O3S/c1-3-6-14-8-9(10(11)13-14)18(15,16)12-5-4-7-17-2/h8,12H,3-7H2,1-2H3,(H2,11,13). The molecule has 1 heterocycles. The molecule has 18 heavy (non-hydrogen) atoms. The van der Waals surface area contributed by atoms with Gasteiger partial charge in [0.1, 0.15) is 4.90 Å². The molecular weight excluding hydrogens is 256 g/mol. The zero-order chi connectivity index (χ0) is 13.6. The molecule has 0 aromatic carbocycles. The van der Waals surface area contributed by atoms with E-state index in [-0.39, 0.29) is 10.7 Å². The van der Waals surface area contributed by atoms with E-state index in [1.165, 1.54) is 6.20 Å². The molecule has 0 aliphatic carbocycles. The first-order valence-corrected chi connectivity index (χ1v) is 7.31. The topological polar surface area (TPSA) is 99.2 Å². The maximum absolute atomic E-state index is 11.9. The Morgan fingerprint density at radius 3 is 2.89 bits per heavy atom. The number of ether oxygens (including phenoxy) is 1. The van der Waals surface area contributed by atoms with Gasteiger partial charge in [-0.05, 0) is 12.8 Å². The predicted octanol–water partition coefficient (Wildman–Crippen LogP) is 0.190. The van der Waals surface area contributed by atoms with Crippen LogP contribution in [-0.2, 0) is 21.3 Å². The fourth-order valence-corrected chi connectivity index (χ4v) is 2.61. The minimum atomic E-state index is -3.58. The average Bonchev–Trinajstić information content (AvgIpc) is 2.67. The Morgan fingerprint density at radius 1 is 1.56 bits per heavy atom. The number of sulfonamides is 1. The number of aryl methyl sites for hydroxylation is 1. The van der Waals surface area contributed by atoms with Crippen LogP contribution in [0.5, 0.6) is 0 Å². The van der Waals surface area contributed by atoms with Gasteiger partial charge in [-0.1, -0.05) is 6.92 Å². The fourth-order valence-electron chi connectivity index (χ4n) is 1.47. The summed E-state index contributed by atoms with van der Waals surface area (Å²) in [5, 5.41) is 3.96. The highest BCUT2D eigenvalue weighted by Gasteiger charge is 2.20. The molecule has 0 fully saturated rings. The number of rotatable bonds is 8. The van der Waals surface area contributed by atoms with Crippen LogP contribution < -0.4 is 10.5 Å². The number of nitrogens with two attached hydrogens (primary N) is 1. The molecule has 3 N–H and O–H groups in total. The summed E-state index contributed by atoms with van der Waals surface area (Å²) in [6, 6.07) is 0. The van der Waals surface area contributed by atoms with E-state index in [2.05, 4.69) is 9.82 Å². The zero-order valence-electron chi connectivity index (χ0n) is 10.7. The number of aromatic nitrogens is 2. The maximum Gasteiger partial charge on any atom is 0.245 e. The molecule has 0 aliphatic heterocycles.